The molecule has 110 valence electrons. The third-order valence-corrected chi connectivity index (χ3v) is 3.79. The Bertz CT molecular complexity index is 329. The fourth-order valence-corrected chi connectivity index (χ4v) is 2.89. The van der Waals surface area contributed by atoms with Gasteiger partial charge in [-0.3, -0.25) is 4.79 Å². The predicted octanol–water partition coefficient (Wildman–Crippen LogP) is 2.05. The number of carboxylic acid groups (broad SMARTS) is 1. The van der Waals surface area contributed by atoms with Crippen molar-refractivity contribution in [2.24, 2.45) is 0 Å². The van der Waals surface area contributed by atoms with Gasteiger partial charge in [-0.05, 0) is 12.8 Å². The summed E-state index contributed by atoms with van der Waals surface area (Å²) in [5, 5.41) is 9.67. The molecular weight excluding hydrogens is 246 g/mol. The lowest BCUT2D eigenvalue weighted by atomic mass is 9.83. The van der Waals surface area contributed by atoms with Crippen molar-refractivity contribution >= 4 is 11.9 Å². The normalized spacial score (nSPS) is 27.0. The summed E-state index contributed by atoms with van der Waals surface area (Å²) >= 11 is 0. The molecule has 0 aromatic heterocycles. The highest BCUT2D eigenvalue weighted by atomic mass is 16.5. The lowest BCUT2D eigenvalue weighted by Gasteiger charge is -2.45. The third kappa shape index (κ3) is 3.47. The van der Waals surface area contributed by atoms with Gasteiger partial charge in [0.2, 0.25) is 5.91 Å². The number of rotatable bonds is 6. The van der Waals surface area contributed by atoms with Gasteiger partial charge in [0.1, 0.15) is 5.54 Å². The molecule has 5 nitrogen and oxygen atoms in total. The molecule has 2 unspecified atom stereocenters. The number of hydrogen-bond donors (Lipinski definition) is 1. The Balaban J connectivity index is 3.00. The van der Waals surface area contributed by atoms with Gasteiger partial charge in [0.15, 0.2) is 0 Å². The first-order valence-electron chi connectivity index (χ1n) is 7.11. The second-order valence-corrected chi connectivity index (χ2v) is 5.24. The number of aliphatic carboxylic acids is 1. The van der Waals surface area contributed by atoms with Crippen LogP contribution in [-0.4, -0.2) is 46.7 Å². The minimum Gasteiger partial charge on any atom is -0.479 e. The zero-order chi connectivity index (χ0) is 14.5. The van der Waals surface area contributed by atoms with Crippen LogP contribution >= 0.6 is 0 Å². The van der Waals surface area contributed by atoms with Gasteiger partial charge in [-0.25, -0.2) is 4.79 Å². The smallest absolute Gasteiger partial charge is 0.329 e. The van der Waals surface area contributed by atoms with Crippen molar-refractivity contribution in [3.8, 4) is 0 Å². The number of carbonyl (C=O) groups is 2. The number of carbonyl (C=O) groups excluding carboxylic acids is 1. The van der Waals surface area contributed by atoms with Crippen LogP contribution in [0.25, 0.3) is 0 Å². The van der Waals surface area contributed by atoms with Gasteiger partial charge in [0, 0.05) is 32.9 Å². The maximum atomic E-state index is 11.8. The van der Waals surface area contributed by atoms with Gasteiger partial charge < -0.3 is 14.7 Å². The topological polar surface area (TPSA) is 66.8 Å². The molecule has 1 heterocycles. The summed E-state index contributed by atoms with van der Waals surface area (Å²) in [5.74, 6) is -1.07. The van der Waals surface area contributed by atoms with Crippen molar-refractivity contribution < 1.29 is 19.4 Å². The lowest BCUT2D eigenvalue weighted by Crippen LogP contribution is -2.61. The maximum absolute atomic E-state index is 11.8. The second kappa shape index (κ2) is 6.89. The fraction of sp³-hybridized carbons (Fsp3) is 0.857. The minimum absolute atomic E-state index is 0.0615. The van der Waals surface area contributed by atoms with Crippen LogP contribution in [-0.2, 0) is 14.3 Å². The lowest BCUT2D eigenvalue weighted by molar-refractivity contribution is -0.170. The number of nitrogens with zero attached hydrogens (tertiary/aromatic N) is 1. The van der Waals surface area contributed by atoms with E-state index in [4.69, 9.17) is 4.74 Å². The van der Waals surface area contributed by atoms with Crippen LogP contribution in [0, 0.1) is 0 Å². The molecule has 19 heavy (non-hydrogen) atoms. The SMILES string of the molecule is CCCC1CC(C(=O)O)(N(CCC)C(C)=O)CCO1. The van der Waals surface area contributed by atoms with E-state index in [0.717, 1.165) is 19.3 Å². The van der Waals surface area contributed by atoms with Gasteiger partial charge in [-0.15, -0.1) is 0 Å². The van der Waals surface area contributed by atoms with Crippen molar-refractivity contribution in [3.63, 3.8) is 0 Å². The quantitative estimate of drug-likeness (QED) is 0.803. The predicted molar refractivity (Wildman–Crippen MR) is 71.9 cm³/mol. The number of ether oxygens (including phenoxy) is 1. The summed E-state index contributed by atoms with van der Waals surface area (Å²) in [6.07, 6.45) is 3.26. The number of carboxylic acids is 1. The zero-order valence-corrected chi connectivity index (χ0v) is 12.1. The molecule has 1 rings (SSSR count). The summed E-state index contributed by atoms with van der Waals surface area (Å²) in [4.78, 5) is 25.2. The molecule has 1 aliphatic heterocycles. The average Bonchev–Trinajstić information content (AvgIpc) is 2.36. The molecular formula is C14H25NO4. The summed E-state index contributed by atoms with van der Waals surface area (Å²) < 4.78 is 5.63. The molecule has 0 radical (unpaired) electrons. The van der Waals surface area contributed by atoms with Crippen LogP contribution in [0.3, 0.4) is 0 Å². The van der Waals surface area contributed by atoms with E-state index in [1.165, 1.54) is 11.8 Å². The monoisotopic (exact) mass is 271 g/mol. The molecule has 0 bridgehead atoms. The highest BCUT2D eigenvalue weighted by Crippen LogP contribution is 2.33. The van der Waals surface area contributed by atoms with E-state index in [1.54, 1.807) is 0 Å². The molecule has 0 saturated carbocycles. The maximum Gasteiger partial charge on any atom is 0.329 e. The van der Waals surface area contributed by atoms with E-state index >= 15 is 0 Å². The zero-order valence-electron chi connectivity index (χ0n) is 12.1. The highest BCUT2D eigenvalue weighted by Gasteiger charge is 2.48. The average molecular weight is 271 g/mol. The number of hydrogen-bond acceptors (Lipinski definition) is 3. The van der Waals surface area contributed by atoms with Gasteiger partial charge in [-0.2, -0.15) is 0 Å². The van der Waals surface area contributed by atoms with Crippen molar-refractivity contribution in [1.29, 1.82) is 0 Å². The van der Waals surface area contributed by atoms with Gasteiger partial charge in [-0.1, -0.05) is 20.3 Å². The fourth-order valence-electron chi connectivity index (χ4n) is 2.89. The van der Waals surface area contributed by atoms with E-state index in [2.05, 4.69) is 6.92 Å². The van der Waals surface area contributed by atoms with Crippen molar-refractivity contribution in [1.82, 2.24) is 4.90 Å². The molecule has 1 fully saturated rings. The Hall–Kier alpha value is -1.10. The summed E-state index contributed by atoms with van der Waals surface area (Å²) in [7, 11) is 0. The van der Waals surface area contributed by atoms with Crippen molar-refractivity contribution in [2.45, 2.75) is 64.5 Å². The third-order valence-electron chi connectivity index (χ3n) is 3.79. The minimum atomic E-state index is -1.08. The van der Waals surface area contributed by atoms with E-state index in [9.17, 15) is 14.7 Å². The van der Waals surface area contributed by atoms with Crippen LogP contribution in [0.15, 0.2) is 0 Å². The molecule has 0 spiro atoms. The van der Waals surface area contributed by atoms with Gasteiger partial charge in [0.05, 0.1) is 6.10 Å². The highest BCUT2D eigenvalue weighted by molar-refractivity contribution is 5.86. The standard InChI is InChI=1S/C14H25NO4/c1-4-6-12-10-14(13(17)18,7-9-19-12)15(8-5-2)11(3)16/h12H,4-10H2,1-3H3,(H,17,18). The first kappa shape index (κ1) is 16.0. The van der Waals surface area contributed by atoms with E-state index in [0.29, 0.717) is 26.0 Å². The Morgan fingerprint density at radius 2 is 2.05 bits per heavy atom. The van der Waals surface area contributed by atoms with E-state index in [-0.39, 0.29) is 12.0 Å². The molecule has 0 aromatic carbocycles. The second-order valence-electron chi connectivity index (χ2n) is 5.24. The number of amides is 1. The molecule has 1 saturated heterocycles. The molecule has 1 aliphatic rings. The molecule has 0 aromatic rings. The van der Waals surface area contributed by atoms with Gasteiger partial charge in [0.25, 0.3) is 0 Å². The molecule has 1 N–H and O–H groups in total. The van der Waals surface area contributed by atoms with Crippen molar-refractivity contribution in [2.75, 3.05) is 13.2 Å². The molecule has 2 atom stereocenters. The Morgan fingerprint density at radius 3 is 2.53 bits per heavy atom. The van der Waals surface area contributed by atoms with Crippen LogP contribution in [0.5, 0.6) is 0 Å². The van der Waals surface area contributed by atoms with E-state index < -0.39 is 11.5 Å². The first-order chi connectivity index (χ1) is 8.97. The summed E-state index contributed by atoms with van der Waals surface area (Å²) in [6.45, 7) is 6.35. The summed E-state index contributed by atoms with van der Waals surface area (Å²) in [6, 6.07) is 0. The first-order valence-corrected chi connectivity index (χ1v) is 7.11. The largest absolute Gasteiger partial charge is 0.479 e. The van der Waals surface area contributed by atoms with E-state index in [1.807, 2.05) is 6.92 Å². The van der Waals surface area contributed by atoms with Gasteiger partial charge >= 0.3 is 5.97 Å². The summed E-state index contributed by atoms with van der Waals surface area (Å²) in [5.41, 5.74) is -1.08. The Labute approximate surface area is 114 Å². The molecule has 5 heteroatoms. The Morgan fingerprint density at radius 1 is 1.37 bits per heavy atom. The molecule has 0 aliphatic carbocycles. The van der Waals surface area contributed by atoms with Crippen molar-refractivity contribution in [3.05, 3.63) is 0 Å². The molecule has 1 amide bonds. The van der Waals surface area contributed by atoms with Crippen LogP contribution in [0.2, 0.25) is 0 Å². The van der Waals surface area contributed by atoms with Crippen LogP contribution in [0.1, 0.15) is 52.9 Å². The van der Waals surface area contributed by atoms with Crippen LogP contribution in [0.4, 0.5) is 0 Å². The van der Waals surface area contributed by atoms with Crippen LogP contribution < -0.4 is 0 Å². The Kier molecular flexibility index (Phi) is 5.79.